The molecule has 1 atom stereocenters. The van der Waals surface area contributed by atoms with Crippen LogP contribution in [0.4, 0.5) is 5.69 Å². The molecule has 2 heteroatoms. The van der Waals surface area contributed by atoms with Crippen LogP contribution >= 0.6 is 0 Å². The molecule has 1 saturated heterocycles. The highest BCUT2D eigenvalue weighted by molar-refractivity contribution is 5.64. The third-order valence-corrected chi connectivity index (χ3v) is 4.86. The highest BCUT2D eigenvalue weighted by Gasteiger charge is 2.36. The standard InChI is InChI=1S/C23H20N2/c24-16-15-20-17-25(20)22-14-8-7-13-21(22)23(18-9-3-1-4-10-18)19-11-5-2-6-12-19/h1-14,20,23H,15,17H2. The Balaban J connectivity index is 1.81. The van der Waals surface area contributed by atoms with Crippen molar-refractivity contribution in [3.8, 4) is 6.07 Å². The fourth-order valence-corrected chi connectivity index (χ4v) is 3.59. The summed E-state index contributed by atoms with van der Waals surface area (Å²) in [5.41, 5.74) is 5.14. The molecule has 1 aliphatic heterocycles. The zero-order valence-corrected chi connectivity index (χ0v) is 14.0. The second-order valence-electron chi connectivity index (χ2n) is 6.48. The molecule has 0 amide bonds. The van der Waals surface area contributed by atoms with Crippen LogP contribution in [-0.2, 0) is 0 Å². The third kappa shape index (κ3) is 3.14. The molecular weight excluding hydrogens is 304 g/mol. The second-order valence-corrected chi connectivity index (χ2v) is 6.48. The van der Waals surface area contributed by atoms with Crippen molar-refractivity contribution in [3.63, 3.8) is 0 Å². The summed E-state index contributed by atoms with van der Waals surface area (Å²) in [5.74, 6) is 0.196. The van der Waals surface area contributed by atoms with Crippen LogP contribution in [-0.4, -0.2) is 12.6 Å². The molecule has 2 nitrogen and oxygen atoms in total. The minimum Gasteiger partial charge on any atom is -0.363 e. The van der Waals surface area contributed by atoms with Crippen molar-refractivity contribution in [2.24, 2.45) is 0 Å². The molecule has 0 spiro atoms. The van der Waals surface area contributed by atoms with E-state index in [0.29, 0.717) is 12.5 Å². The molecule has 0 bridgehead atoms. The zero-order valence-electron chi connectivity index (χ0n) is 14.0. The van der Waals surface area contributed by atoms with Gasteiger partial charge in [0.25, 0.3) is 0 Å². The summed E-state index contributed by atoms with van der Waals surface area (Å²) in [6.45, 7) is 0.973. The number of nitriles is 1. The summed E-state index contributed by atoms with van der Waals surface area (Å²) < 4.78 is 0. The van der Waals surface area contributed by atoms with Gasteiger partial charge in [0.1, 0.15) is 0 Å². The quantitative estimate of drug-likeness (QED) is 0.489. The second kappa shape index (κ2) is 6.83. The lowest BCUT2D eigenvalue weighted by Gasteiger charge is -2.22. The highest BCUT2D eigenvalue weighted by Crippen LogP contribution is 2.41. The van der Waals surface area contributed by atoms with Gasteiger partial charge in [-0.15, -0.1) is 0 Å². The number of rotatable bonds is 5. The number of hydrogen-bond donors (Lipinski definition) is 0. The molecular formula is C23H20N2. The molecule has 1 aliphatic rings. The van der Waals surface area contributed by atoms with Crippen LogP contribution in [0.3, 0.4) is 0 Å². The van der Waals surface area contributed by atoms with E-state index < -0.39 is 0 Å². The number of hydrogen-bond acceptors (Lipinski definition) is 2. The predicted octanol–water partition coefficient (Wildman–Crippen LogP) is 4.97. The van der Waals surface area contributed by atoms with Crippen molar-refractivity contribution in [3.05, 3.63) is 102 Å². The van der Waals surface area contributed by atoms with Crippen LogP contribution in [0.25, 0.3) is 0 Å². The van der Waals surface area contributed by atoms with E-state index >= 15 is 0 Å². The van der Waals surface area contributed by atoms with E-state index in [1.807, 2.05) is 0 Å². The first-order valence-corrected chi connectivity index (χ1v) is 8.71. The van der Waals surface area contributed by atoms with E-state index in [9.17, 15) is 0 Å². The molecule has 0 aliphatic carbocycles. The van der Waals surface area contributed by atoms with Crippen molar-refractivity contribution in [1.29, 1.82) is 5.26 Å². The van der Waals surface area contributed by atoms with E-state index in [4.69, 9.17) is 5.26 Å². The summed E-state index contributed by atoms with van der Waals surface area (Å²) in [6.07, 6.45) is 0.593. The Bertz CT molecular complexity index is 841. The van der Waals surface area contributed by atoms with Gasteiger partial charge in [0, 0.05) is 18.2 Å². The summed E-state index contributed by atoms with van der Waals surface area (Å²) >= 11 is 0. The van der Waals surface area contributed by atoms with Gasteiger partial charge in [-0.3, -0.25) is 0 Å². The monoisotopic (exact) mass is 324 g/mol. The van der Waals surface area contributed by atoms with Crippen LogP contribution in [0.1, 0.15) is 29.0 Å². The lowest BCUT2D eigenvalue weighted by atomic mass is 9.84. The van der Waals surface area contributed by atoms with Crippen molar-refractivity contribution >= 4 is 5.69 Å². The lowest BCUT2D eigenvalue weighted by Crippen LogP contribution is -2.08. The molecule has 1 fully saturated rings. The smallest absolute Gasteiger partial charge is 0.0644 e. The third-order valence-electron chi connectivity index (χ3n) is 4.86. The molecule has 0 radical (unpaired) electrons. The largest absolute Gasteiger partial charge is 0.363 e. The van der Waals surface area contributed by atoms with Crippen LogP contribution in [0.15, 0.2) is 84.9 Å². The van der Waals surface area contributed by atoms with Gasteiger partial charge in [0.15, 0.2) is 0 Å². The Morgan fingerprint density at radius 2 is 1.40 bits per heavy atom. The Labute approximate surface area is 149 Å². The fourth-order valence-electron chi connectivity index (χ4n) is 3.59. The number of anilines is 1. The van der Waals surface area contributed by atoms with Gasteiger partial charge in [-0.2, -0.15) is 5.26 Å². The van der Waals surface area contributed by atoms with E-state index in [-0.39, 0.29) is 5.92 Å². The average Bonchev–Trinajstić information content (AvgIpc) is 3.44. The molecule has 4 rings (SSSR count). The van der Waals surface area contributed by atoms with E-state index in [1.165, 1.54) is 22.4 Å². The summed E-state index contributed by atoms with van der Waals surface area (Å²) in [7, 11) is 0. The van der Waals surface area contributed by atoms with Crippen LogP contribution in [0.5, 0.6) is 0 Å². The van der Waals surface area contributed by atoms with Crippen LogP contribution < -0.4 is 4.90 Å². The SMILES string of the molecule is N#CCC1CN1c1ccccc1C(c1ccccc1)c1ccccc1. The Morgan fingerprint density at radius 1 is 0.840 bits per heavy atom. The maximum absolute atomic E-state index is 9.00. The van der Waals surface area contributed by atoms with E-state index in [1.54, 1.807) is 0 Å². The van der Waals surface area contributed by atoms with Crippen molar-refractivity contribution < 1.29 is 0 Å². The Hall–Kier alpha value is -3.05. The summed E-state index contributed by atoms with van der Waals surface area (Å²) in [6, 6.07) is 32.6. The van der Waals surface area contributed by atoms with Gasteiger partial charge in [-0.25, -0.2) is 0 Å². The maximum atomic E-state index is 9.00. The Morgan fingerprint density at radius 3 is 2.00 bits per heavy atom. The van der Waals surface area contributed by atoms with Gasteiger partial charge in [-0.05, 0) is 22.8 Å². The van der Waals surface area contributed by atoms with Crippen LogP contribution in [0, 0.1) is 11.3 Å². The van der Waals surface area contributed by atoms with Gasteiger partial charge >= 0.3 is 0 Å². The molecule has 0 saturated carbocycles. The van der Waals surface area contributed by atoms with Gasteiger partial charge < -0.3 is 4.90 Å². The van der Waals surface area contributed by atoms with Crippen LogP contribution in [0.2, 0.25) is 0 Å². The average molecular weight is 324 g/mol. The van der Waals surface area contributed by atoms with E-state index in [0.717, 1.165) is 6.54 Å². The minimum absolute atomic E-state index is 0.196. The van der Waals surface area contributed by atoms with Gasteiger partial charge in [0.05, 0.1) is 18.5 Å². The summed E-state index contributed by atoms with van der Waals surface area (Å²) in [5, 5.41) is 9.00. The maximum Gasteiger partial charge on any atom is 0.0644 e. The molecule has 25 heavy (non-hydrogen) atoms. The molecule has 0 N–H and O–H groups in total. The predicted molar refractivity (Wildman–Crippen MR) is 102 cm³/mol. The molecule has 3 aromatic rings. The zero-order chi connectivity index (χ0) is 17.1. The first kappa shape index (κ1) is 15.5. The molecule has 3 aromatic carbocycles. The molecule has 1 unspecified atom stereocenters. The van der Waals surface area contributed by atoms with Crippen molar-refractivity contribution in [2.45, 2.75) is 18.4 Å². The topological polar surface area (TPSA) is 26.8 Å². The molecule has 0 aromatic heterocycles. The van der Waals surface area contributed by atoms with Gasteiger partial charge in [0.2, 0.25) is 0 Å². The lowest BCUT2D eigenvalue weighted by molar-refractivity contribution is 0.957. The first-order valence-electron chi connectivity index (χ1n) is 8.71. The van der Waals surface area contributed by atoms with Crippen molar-refractivity contribution in [1.82, 2.24) is 0 Å². The summed E-state index contributed by atoms with van der Waals surface area (Å²) in [4.78, 5) is 2.34. The molecule has 122 valence electrons. The normalized spacial score (nSPS) is 15.8. The molecule has 1 heterocycles. The number of benzene rings is 3. The van der Waals surface area contributed by atoms with Gasteiger partial charge in [-0.1, -0.05) is 78.9 Å². The number of para-hydroxylation sites is 1. The number of nitrogens with zero attached hydrogens (tertiary/aromatic N) is 2. The fraction of sp³-hybridized carbons (Fsp3) is 0.174. The first-order chi connectivity index (χ1) is 12.4. The van der Waals surface area contributed by atoms with E-state index in [2.05, 4.69) is 95.9 Å². The minimum atomic E-state index is 0.196. The van der Waals surface area contributed by atoms with Crippen molar-refractivity contribution in [2.75, 3.05) is 11.4 Å². The Kier molecular flexibility index (Phi) is 4.23. The highest BCUT2D eigenvalue weighted by atomic mass is 15.3.